The Morgan fingerprint density at radius 3 is 2.46 bits per heavy atom. The molecule has 1 amide bonds. The molecule has 1 saturated heterocycles. The fraction of sp³-hybridized carbons (Fsp3) is 0.385. The van der Waals surface area contributed by atoms with Gasteiger partial charge in [0.25, 0.3) is 0 Å². The monoisotopic (exact) mass is 496 g/mol. The Hall–Kier alpha value is -3.23. The number of aromatic nitrogens is 3. The summed E-state index contributed by atoms with van der Waals surface area (Å²) in [4.78, 5) is 26.8. The van der Waals surface area contributed by atoms with Crippen molar-refractivity contribution in [3.05, 3.63) is 64.9 Å². The molecular weight excluding hydrogens is 464 g/mol. The highest BCUT2D eigenvalue weighted by Gasteiger charge is 2.22. The van der Waals surface area contributed by atoms with Crippen molar-refractivity contribution in [2.24, 2.45) is 0 Å². The van der Waals surface area contributed by atoms with Gasteiger partial charge in [0.05, 0.1) is 12.7 Å². The Balaban J connectivity index is 0.00000167. The van der Waals surface area contributed by atoms with Crippen LogP contribution in [0, 0.1) is 6.92 Å². The first-order chi connectivity index (χ1) is 17.0. The molecule has 0 spiro atoms. The van der Waals surface area contributed by atoms with E-state index in [1.165, 1.54) is 13.3 Å². The second-order valence-electron chi connectivity index (χ2n) is 8.02. The van der Waals surface area contributed by atoms with Gasteiger partial charge in [0, 0.05) is 36.4 Å². The van der Waals surface area contributed by atoms with Gasteiger partial charge in [0.15, 0.2) is 0 Å². The molecule has 35 heavy (non-hydrogen) atoms. The lowest BCUT2D eigenvalue weighted by Gasteiger charge is -2.32. The third kappa shape index (κ3) is 7.63. The molecule has 186 valence electrons. The maximum absolute atomic E-state index is 11.4. The number of ether oxygens (including phenoxy) is 1. The van der Waals surface area contributed by atoms with Gasteiger partial charge in [-0.3, -0.25) is 4.79 Å². The van der Waals surface area contributed by atoms with Crippen LogP contribution >= 0.6 is 11.6 Å². The summed E-state index contributed by atoms with van der Waals surface area (Å²) in [5, 5.41) is 6.80. The number of nitrogens with one attached hydrogen (secondary N) is 2. The van der Waals surface area contributed by atoms with Crippen molar-refractivity contribution in [3.63, 3.8) is 0 Å². The van der Waals surface area contributed by atoms with E-state index < -0.39 is 0 Å². The molecule has 9 heteroatoms. The molecule has 0 radical (unpaired) electrons. The first-order valence-corrected chi connectivity index (χ1v) is 12.3. The summed E-state index contributed by atoms with van der Waals surface area (Å²) >= 11 is 5.94. The average molecular weight is 497 g/mol. The lowest BCUT2D eigenvalue weighted by Crippen LogP contribution is -2.38. The van der Waals surface area contributed by atoms with Crippen LogP contribution < -0.4 is 15.5 Å². The number of amides is 1. The van der Waals surface area contributed by atoms with Crippen LogP contribution in [-0.4, -0.2) is 40.1 Å². The Kier molecular flexibility index (Phi) is 9.81. The molecule has 1 aliphatic rings. The van der Waals surface area contributed by atoms with Gasteiger partial charge in [-0.1, -0.05) is 43.6 Å². The third-order valence-corrected chi connectivity index (χ3v) is 5.83. The van der Waals surface area contributed by atoms with E-state index in [0.29, 0.717) is 18.5 Å². The highest BCUT2D eigenvalue weighted by molar-refractivity contribution is 6.30. The Bertz CT molecular complexity index is 1100. The molecule has 2 heterocycles. The molecule has 1 aliphatic heterocycles. The molecule has 0 bridgehead atoms. The molecule has 0 unspecified atom stereocenters. The largest absolute Gasteiger partial charge is 0.373 e. The summed E-state index contributed by atoms with van der Waals surface area (Å²) < 4.78 is 6.08. The minimum absolute atomic E-state index is 0.113. The topological polar surface area (TPSA) is 92.3 Å². The van der Waals surface area contributed by atoms with Crippen molar-refractivity contribution in [2.75, 3.05) is 28.6 Å². The summed E-state index contributed by atoms with van der Waals surface area (Å²) in [6.45, 7) is 9.63. The zero-order valence-corrected chi connectivity index (χ0v) is 21.5. The van der Waals surface area contributed by atoms with Gasteiger partial charge in [-0.2, -0.15) is 4.98 Å². The van der Waals surface area contributed by atoms with E-state index in [9.17, 15) is 4.79 Å². The fourth-order valence-corrected chi connectivity index (χ4v) is 3.86. The summed E-state index contributed by atoms with van der Waals surface area (Å²) in [5.74, 6) is 0.988. The van der Waals surface area contributed by atoms with E-state index in [4.69, 9.17) is 16.3 Å². The zero-order valence-electron chi connectivity index (χ0n) is 20.7. The molecule has 0 saturated carbocycles. The molecule has 2 aromatic carbocycles. The Morgan fingerprint density at radius 2 is 1.77 bits per heavy atom. The maximum Gasteiger partial charge on any atom is 0.232 e. The first kappa shape index (κ1) is 26.4. The number of hydrogen-bond acceptors (Lipinski definition) is 7. The SMILES string of the molecule is CC.CC(=O)Nc1cccc(Nc2ncnc(N3CCC(OCc4ccc(Cl)cc4)CC3)n2)c1C. The molecule has 1 fully saturated rings. The van der Waals surface area contributed by atoms with Gasteiger partial charge >= 0.3 is 0 Å². The zero-order chi connectivity index (χ0) is 25.2. The summed E-state index contributed by atoms with van der Waals surface area (Å²) in [6.07, 6.45) is 3.52. The van der Waals surface area contributed by atoms with Crippen molar-refractivity contribution in [1.82, 2.24) is 15.0 Å². The molecule has 0 atom stereocenters. The van der Waals surface area contributed by atoms with E-state index >= 15 is 0 Å². The van der Waals surface area contributed by atoms with E-state index in [2.05, 4.69) is 30.5 Å². The molecule has 3 aromatic rings. The fourth-order valence-electron chi connectivity index (χ4n) is 3.73. The number of hydrogen-bond donors (Lipinski definition) is 2. The van der Waals surface area contributed by atoms with Gasteiger partial charge in [0.2, 0.25) is 17.8 Å². The van der Waals surface area contributed by atoms with Crippen LogP contribution in [-0.2, 0) is 16.1 Å². The molecule has 8 nitrogen and oxygen atoms in total. The number of carbonyl (C=O) groups excluding carboxylic acids is 1. The number of piperidine rings is 1. The van der Waals surface area contributed by atoms with Crippen LogP contribution in [0.3, 0.4) is 0 Å². The summed E-state index contributed by atoms with van der Waals surface area (Å²) in [7, 11) is 0. The van der Waals surface area contributed by atoms with E-state index in [1.54, 1.807) is 0 Å². The number of anilines is 4. The Labute approximate surface area is 212 Å². The minimum atomic E-state index is -0.113. The molecule has 2 N–H and O–H groups in total. The smallest absolute Gasteiger partial charge is 0.232 e. The van der Waals surface area contributed by atoms with Crippen molar-refractivity contribution >= 4 is 40.8 Å². The second-order valence-corrected chi connectivity index (χ2v) is 8.45. The van der Waals surface area contributed by atoms with Crippen molar-refractivity contribution < 1.29 is 9.53 Å². The van der Waals surface area contributed by atoms with Gasteiger partial charge in [-0.15, -0.1) is 0 Å². The first-order valence-electron chi connectivity index (χ1n) is 11.9. The number of nitrogens with zero attached hydrogens (tertiary/aromatic N) is 4. The van der Waals surface area contributed by atoms with Crippen molar-refractivity contribution in [3.8, 4) is 0 Å². The minimum Gasteiger partial charge on any atom is -0.373 e. The van der Waals surface area contributed by atoms with Gasteiger partial charge < -0.3 is 20.3 Å². The number of benzene rings is 2. The number of rotatable bonds is 7. The predicted molar refractivity (Wildman–Crippen MR) is 141 cm³/mol. The number of carbonyl (C=O) groups is 1. The van der Waals surface area contributed by atoms with Crippen LogP contribution in [0.1, 0.15) is 44.7 Å². The third-order valence-electron chi connectivity index (χ3n) is 5.57. The lowest BCUT2D eigenvalue weighted by molar-refractivity contribution is -0.114. The van der Waals surface area contributed by atoms with E-state index in [-0.39, 0.29) is 12.0 Å². The summed E-state index contributed by atoms with van der Waals surface area (Å²) in [5.41, 5.74) is 3.61. The van der Waals surface area contributed by atoms with Gasteiger partial charge in [-0.25, -0.2) is 9.97 Å². The van der Waals surface area contributed by atoms with E-state index in [0.717, 1.165) is 53.5 Å². The average Bonchev–Trinajstić information content (AvgIpc) is 2.88. The van der Waals surface area contributed by atoms with Crippen LogP contribution in [0.15, 0.2) is 48.8 Å². The number of halogens is 1. The second kappa shape index (κ2) is 13.0. The van der Waals surface area contributed by atoms with Crippen molar-refractivity contribution in [2.45, 2.75) is 53.2 Å². The predicted octanol–water partition coefficient (Wildman–Crippen LogP) is 5.75. The van der Waals surface area contributed by atoms with Crippen LogP contribution in [0.4, 0.5) is 23.3 Å². The maximum atomic E-state index is 11.4. The highest BCUT2D eigenvalue weighted by Crippen LogP contribution is 2.26. The molecular formula is C26H33ClN6O2. The van der Waals surface area contributed by atoms with Gasteiger partial charge in [-0.05, 0) is 55.2 Å². The molecule has 1 aromatic heterocycles. The highest BCUT2D eigenvalue weighted by atomic mass is 35.5. The van der Waals surface area contributed by atoms with E-state index in [1.807, 2.05) is 63.2 Å². The normalized spacial score (nSPS) is 13.6. The lowest BCUT2D eigenvalue weighted by atomic mass is 10.1. The van der Waals surface area contributed by atoms with Crippen molar-refractivity contribution in [1.29, 1.82) is 0 Å². The van der Waals surface area contributed by atoms with Crippen LogP contribution in [0.5, 0.6) is 0 Å². The quantitative estimate of drug-likeness (QED) is 0.430. The molecule has 4 rings (SSSR count). The van der Waals surface area contributed by atoms with Crippen LogP contribution in [0.2, 0.25) is 5.02 Å². The summed E-state index contributed by atoms with van der Waals surface area (Å²) in [6, 6.07) is 13.4. The van der Waals surface area contributed by atoms with Crippen LogP contribution in [0.25, 0.3) is 0 Å². The molecule has 0 aliphatic carbocycles. The standard InChI is InChI=1S/C24H27ClN6O2.C2H6/c1-16-21(28-17(2)32)4-3-5-22(16)29-23-26-15-27-24(30-23)31-12-10-20(11-13-31)33-14-18-6-8-19(25)9-7-18;1-2/h3-9,15,20H,10-14H2,1-2H3,(H,28,32)(H,26,27,29,30);1-2H3. The van der Waals surface area contributed by atoms with Gasteiger partial charge in [0.1, 0.15) is 6.33 Å². The Morgan fingerprint density at radius 1 is 1.09 bits per heavy atom.